The van der Waals surface area contributed by atoms with Crippen molar-refractivity contribution in [1.82, 2.24) is 0 Å². The Morgan fingerprint density at radius 1 is 0.560 bits per heavy atom. The molecule has 6 rings (SSSR count). The maximum absolute atomic E-state index is 2.40. The smallest absolute Gasteiger partial charge is 0.0285 e. The molecule has 25 heavy (non-hydrogen) atoms. The zero-order valence-electron chi connectivity index (χ0n) is 13.7. The average molecular weight is 316 g/mol. The van der Waals surface area contributed by atoms with Crippen LogP contribution in [0.4, 0.5) is 0 Å². The lowest BCUT2D eigenvalue weighted by atomic mass is 9.85. The summed E-state index contributed by atoms with van der Waals surface area (Å²) in [4.78, 5) is 0. The number of hydrogen-bond donors (Lipinski definition) is 0. The number of allylic oxidation sites excluding steroid dienone is 1. The van der Waals surface area contributed by atoms with Gasteiger partial charge in [-0.05, 0) is 55.1 Å². The van der Waals surface area contributed by atoms with E-state index in [1.54, 1.807) is 0 Å². The van der Waals surface area contributed by atoms with Crippen LogP contribution in [0.1, 0.15) is 22.6 Å². The van der Waals surface area contributed by atoms with Crippen molar-refractivity contribution in [2.45, 2.75) is 5.92 Å². The van der Waals surface area contributed by atoms with Gasteiger partial charge in [-0.1, -0.05) is 84.9 Å². The van der Waals surface area contributed by atoms with Crippen molar-refractivity contribution in [3.63, 3.8) is 0 Å². The maximum atomic E-state index is 2.40. The molecule has 0 fully saturated rings. The van der Waals surface area contributed by atoms with E-state index < -0.39 is 0 Å². The van der Waals surface area contributed by atoms with Gasteiger partial charge in [0.25, 0.3) is 0 Å². The summed E-state index contributed by atoms with van der Waals surface area (Å²) in [7, 11) is 0. The molecule has 0 aliphatic heterocycles. The van der Waals surface area contributed by atoms with Gasteiger partial charge in [0.15, 0.2) is 0 Å². The number of benzene rings is 5. The molecular formula is C25H16. The first kappa shape index (κ1) is 13.2. The molecule has 0 radical (unpaired) electrons. The highest BCUT2D eigenvalue weighted by Crippen LogP contribution is 2.43. The second kappa shape index (κ2) is 4.70. The summed E-state index contributed by atoms with van der Waals surface area (Å²) in [6.45, 7) is 0. The Morgan fingerprint density at radius 2 is 1.32 bits per heavy atom. The van der Waals surface area contributed by atoms with E-state index in [4.69, 9.17) is 0 Å². The summed E-state index contributed by atoms with van der Waals surface area (Å²) in [5.74, 6) is 0.338. The SMILES string of the molecule is C1=CC(c2cc3cccc4ccc5cccc2c5c43)c2ccccc21. The zero-order valence-corrected chi connectivity index (χ0v) is 13.7. The van der Waals surface area contributed by atoms with Crippen LogP contribution in [0.25, 0.3) is 38.4 Å². The molecule has 1 aliphatic carbocycles. The highest BCUT2D eigenvalue weighted by atomic mass is 14.3. The van der Waals surface area contributed by atoms with Crippen molar-refractivity contribution in [1.29, 1.82) is 0 Å². The molecule has 0 N–H and O–H groups in total. The summed E-state index contributed by atoms with van der Waals surface area (Å²) in [6.07, 6.45) is 4.62. The molecule has 116 valence electrons. The summed E-state index contributed by atoms with van der Waals surface area (Å²) in [5.41, 5.74) is 4.17. The van der Waals surface area contributed by atoms with Gasteiger partial charge in [-0.15, -0.1) is 0 Å². The van der Waals surface area contributed by atoms with Crippen molar-refractivity contribution in [3.05, 3.63) is 102 Å². The van der Waals surface area contributed by atoms with Gasteiger partial charge in [-0.2, -0.15) is 0 Å². The van der Waals surface area contributed by atoms with Crippen LogP contribution in [0.2, 0.25) is 0 Å². The van der Waals surface area contributed by atoms with Crippen LogP contribution in [0.15, 0.2) is 84.9 Å². The van der Waals surface area contributed by atoms with Gasteiger partial charge in [0.1, 0.15) is 0 Å². The lowest BCUT2D eigenvalue weighted by molar-refractivity contribution is 1.07. The van der Waals surface area contributed by atoms with Gasteiger partial charge < -0.3 is 0 Å². The first-order valence-corrected chi connectivity index (χ1v) is 8.84. The highest BCUT2D eigenvalue weighted by Gasteiger charge is 2.22. The largest absolute Gasteiger partial charge is 0.0720 e. The summed E-state index contributed by atoms with van der Waals surface area (Å²) < 4.78 is 0. The van der Waals surface area contributed by atoms with Gasteiger partial charge in [0, 0.05) is 5.92 Å². The Balaban J connectivity index is 1.78. The Hall–Kier alpha value is -3.12. The van der Waals surface area contributed by atoms with E-state index in [2.05, 4.69) is 91.0 Å². The van der Waals surface area contributed by atoms with E-state index >= 15 is 0 Å². The van der Waals surface area contributed by atoms with Crippen LogP contribution >= 0.6 is 0 Å². The third-order valence-electron chi connectivity index (χ3n) is 5.67. The van der Waals surface area contributed by atoms with Crippen LogP contribution in [0.3, 0.4) is 0 Å². The van der Waals surface area contributed by atoms with Crippen LogP contribution in [0.5, 0.6) is 0 Å². The van der Waals surface area contributed by atoms with Crippen LogP contribution in [-0.4, -0.2) is 0 Å². The summed E-state index contributed by atoms with van der Waals surface area (Å²) in [6, 6.07) is 29.0. The summed E-state index contributed by atoms with van der Waals surface area (Å²) >= 11 is 0. The third kappa shape index (κ3) is 1.71. The van der Waals surface area contributed by atoms with E-state index in [9.17, 15) is 0 Å². The molecule has 0 amide bonds. The van der Waals surface area contributed by atoms with Gasteiger partial charge in [-0.25, -0.2) is 0 Å². The second-order valence-electron chi connectivity index (χ2n) is 6.98. The molecule has 0 saturated heterocycles. The molecule has 5 aromatic carbocycles. The molecule has 0 bridgehead atoms. The van der Waals surface area contributed by atoms with Gasteiger partial charge in [0.05, 0.1) is 0 Å². The second-order valence-corrected chi connectivity index (χ2v) is 6.98. The van der Waals surface area contributed by atoms with Crippen LogP contribution < -0.4 is 0 Å². The molecule has 0 heterocycles. The standard InChI is InChI=1S/C25H16/c1-2-9-20-16(5-1)13-14-21(20)23-15-19-8-3-6-17-11-12-18-7-4-10-22(23)25(18)24(17)19/h1-15,21H. The highest BCUT2D eigenvalue weighted by molar-refractivity contribution is 6.24. The molecule has 1 aliphatic rings. The minimum atomic E-state index is 0.338. The molecule has 5 aromatic rings. The van der Waals surface area contributed by atoms with Gasteiger partial charge in [0.2, 0.25) is 0 Å². The molecule has 0 heteroatoms. The average Bonchev–Trinajstić information content (AvgIpc) is 3.10. The fourth-order valence-corrected chi connectivity index (χ4v) is 4.57. The van der Waals surface area contributed by atoms with Gasteiger partial charge in [-0.3, -0.25) is 0 Å². The molecule has 0 nitrogen and oxygen atoms in total. The Bertz CT molecular complexity index is 1290. The molecule has 0 spiro atoms. The minimum Gasteiger partial charge on any atom is -0.0720 e. The van der Waals surface area contributed by atoms with Crippen molar-refractivity contribution in [3.8, 4) is 0 Å². The van der Waals surface area contributed by atoms with Crippen molar-refractivity contribution >= 4 is 38.4 Å². The normalized spacial score (nSPS) is 16.2. The molecule has 1 unspecified atom stereocenters. The number of hydrogen-bond acceptors (Lipinski definition) is 0. The first-order chi connectivity index (χ1) is 12.4. The maximum Gasteiger partial charge on any atom is 0.0285 e. The van der Waals surface area contributed by atoms with E-state index in [-0.39, 0.29) is 0 Å². The molecule has 0 saturated carbocycles. The lowest BCUT2D eigenvalue weighted by Gasteiger charge is -2.18. The minimum absolute atomic E-state index is 0.338. The van der Waals surface area contributed by atoms with Gasteiger partial charge >= 0.3 is 0 Å². The summed E-state index contributed by atoms with van der Waals surface area (Å²) in [5, 5.41) is 8.19. The predicted molar refractivity (Wildman–Crippen MR) is 107 cm³/mol. The molecule has 0 aromatic heterocycles. The topological polar surface area (TPSA) is 0 Å². The predicted octanol–water partition coefficient (Wildman–Crippen LogP) is 6.74. The van der Waals surface area contributed by atoms with Crippen LogP contribution in [0, 0.1) is 0 Å². The first-order valence-electron chi connectivity index (χ1n) is 8.84. The zero-order chi connectivity index (χ0) is 16.4. The number of fused-ring (bicyclic) bond motifs is 1. The van der Waals surface area contributed by atoms with E-state index in [1.807, 2.05) is 0 Å². The molecule has 1 atom stereocenters. The van der Waals surface area contributed by atoms with E-state index in [0.29, 0.717) is 5.92 Å². The molecular weight excluding hydrogens is 300 g/mol. The quantitative estimate of drug-likeness (QED) is 0.300. The van der Waals surface area contributed by atoms with E-state index in [0.717, 1.165) is 0 Å². The van der Waals surface area contributed by atoms with Crippen molar-refractivity contribution < 1.29 is 0 Å². The van der Waals surface area contributed by atoms with E-state index in [1.165, 1.54) is 49.0 Å². The lowest BCUT2D eigenvalue weighted by Crippen LogP contribution is -1.98. The van der Waals surface area contributed by atoms with Crippen molar-refractivity contribution in [2.24, 2.45) is 0 Å². The fraction of sp³-hybridized carbons (Fsp3) is 0.0400. The van der Waals surface area contributed by atoms with Crippen molar-refractivity contribution in [2.75, 3.05) is 0 Å². The Kier molecular flexibility index (Phi) is 2.48. The monoisotopic (exact) mass is 316 g/mol. The fourth-order valence-electron chi connectivity index (χ4n) is 4.57. The third-order valence-corrected chi connectivity index (χ3v) is 5.67. The number of rotatable bonds is 1. The Labute approximate surface area is 146 Å². The van der Waals surface area contributed by atoms with Crippen LogP contribution in [-0.2, 0) is 0 Å². The Morgan fingerprint density at radius 3 is 2.24 bits per heavy atom.